The molecule has 1 atom stereocenters. The molecule has 0 aliphatic rings. The van der Waals surface area contributed by atoms with Gasteiger partial charge in [0.05, 0.1) is 10.8 Å². The summed E-state index contributed by atoms with van der Waals surface area (Å²) in [4.78, 5) is 42.0. The first-order valence-corrected chi connectivity index (χ1v) is 13.0. The van der Waals surface area contributed by atoms with Gasteiger partial charge in [0.25, 0.3) is 5.91 Å². The Balaban J connectivity index is 1.32. The minimum absolute atomic E-state index is 0.0739. The molecule has 0 saturated heterocycles. The van der Waals surface area contributed by atoms with E-state index in [4.69, 9.17) is 0 Å². The summed E-state index contributed by atoms with van der Waals surface area (Å²) in [5.41, 5.74) is 2.58. The zero-order valence-corrected chi connectivity index (χ0v) is 21.3. The van der Waals surface area contributed by atoms with Gasteiger partial charge in [0.1, 0.15) is 0 Å². The van der Waals surface area contributed by atoms with E-state index in [2.05, 4.69) is 15.6 Å². The van der Waals surface area contributed by atoms with E-state index in [1.165, 1.54) is 17.8 Å². The number of carbonyl (C=O) groups is 3. The fourth-order valence-electron chi connectivity index (χ4n) is 4.39. The minimum atomic E-state index is -1.09. The van der Waals surface area contributed by atoms with Gasteiger partial charge in [-0.25, -0.2) is 4.79 Å². The van der Waals surface area contributed by atoms with Crippen molar-refractivity contribution in [2.75, 3.05) is 10.6 Å². The zero-order valence-electron chi connectivity index (χ0n) is 20.5. The maximum atomic E-state index is 13.2. The highest BCUT2D eigenvalue weighted by Gasteiger charge is 2.20. The monoisotopic (exact) mass is 523 g/mol. The number of anilines is 2. The topological polar surface area (TPSA) is 111 Å². The van der Waals surface area contributed by atoms with E-state index in [0.29, 0.717) is 22.9 Å². The third-order valence-corrected chi connectivity index (χ3v) is 7.59. The summed E-state index contributed by atoms with van der Waals surface area (Å²) in [7, 11) is 0. The Morgan fingerprint density at radius 2 is 1.58 bits per heavy atom. The molecule has 0 saturated carbocycles. The van der Waals surface area contributed by atoms with Crippen LogP contribution in [0.3, 0.4) is 0 Å². The van der Waals surface area contributed by atoms with Gasteiger partial charge in [0.15, 0.2) is 0 Å². The first-order valence-electron chi connectivity index (χ1n) is 12.1. The predicted octanol–water partition coefficient (Wildman–Crippen LogP) is 6.78. The number of benzene rings is 4. The number of thioether (sulfide) groups is 1. The molecule has 1 unspecified atom stereocenters. The molecule has 1 heterocycles. The molecule has 0 bridgehead atoms. The average molecular weight is 524 g/mol. The first-order chi connectivity index (χ1) is 18.4. The van der Waals surface area contributed by atoms with Crippen molar-refractivity contribution in [1.82, 2.24) is 4.98 Å². The van der Waals surface area contributed by atoms with Gasteiger partial charge in [-0.3, -0.25) is 9.59 Å². The lowest BCUT2D eigenvalue weighted by molar-refractivity contribution is -0.115. The van der Waals surface area contributed by atoms with Crippen molar-refractivity contribution in [3.63, 3.8) is 0 Å². The molecule has 4 aromatic carbocycles. The number of rotatable bonds is 8. The van der Waals surface area contributed by atoms with Crippen molar-refractivity contribution in [1.29, 1.82) is 0 Å². The molecule has 8 heteroatoms. The fraction of sp³-hybridized carbons (Fsp3) is 0.100. The van der Waals surface area contributed by atoms with E-state index >= 15 is 0 Å². The number of aromatic amines is 1. The number of fused-ring (bicyclic) bond motifs is 2. The largest absolute Gasteiger partial charge is 0.478 e. The smallest absolute Gasteiger partial charge is 0.336 e. The molecule has 0 spiro atoms. The van der Waals surface area contributed by atoms with Crippen LogP contribution in [0.25, 0.3) is 21.7 Å². The Hall–Kier alpha value is -4.56. The molecule has 4 N–H and O–H groups in total. The van der Waals surface area contributed by atoms with E-state index in [9.17, 15) is 19.5 Å². The number of carboxylic acids is 1. The molecular formula is C30H25N3O4S. The van der Waals surface area contributed by atoms with E-state index in [1.807, 2.05) is 55.6 Å². The standard InChI is InChI=1S/C30H25N3O4S/c1-2-26(29(35)33-21-13-12-18-14-15-31-25(18)17-21)38-22-9-5-8-20(16-22)32-28(34)23-10-3-6-19-7-4-11-24(27(19)23)30(36)37/h3-17,26,31H,2H2,1H3,(H,32,34)(H,33,35)(H,36,37). The van der Waals surface area contributed by atoms with Crippen molar-refractivity contribution in [2.24, 2.45) is 0 Å². The third kappa shape index (κ3) is 5.26. The van der Waals surface area contributed by atoms with E-state index in [-0.39, 0.29) is 22.3 Å². The number of amides is 2. The highest BCUT2D eigenvalue weighted by molar-refractivity contribution is 8.00. The first kappa shape index (κ1) is 25.1. The van der Waals surface area contributed by atoms with Crippen LogP contribution >= 0.6 is 11.8 Å². The lowest BCUT2D eigenvalue weighted by atomic mass is 9.98. The number of hydrogen-bond donors (Lipinski definition) is 4. The van der Waals surface area contributed by atoms with Crippen LogP contribution in [0, 0.1) is 0 Å². The molecule has 38 heavy (non-hydrogen) atoms. The average Bonchev–Trinajstić information content (AvgIpc) is 3.39. The summed E-state index contributed by atoms with van der Waals surface area (Å²) in [6.45, 7) is 1.96. The van der Waals surface area contributed by atoms with E-state index < -0.39 is 11.9 Å². The van der Waals surface area contributed by atoms with Gasteiger partial charge in [-0.15, -0.1) is 11.8 Å². The Morgan fingerprint density at radius 3 is 2.34 bits per heavy atom. The zero-order chi connectivity index (χ0) is 26.6. The maximum absolute atomic E-state index is 13.2. The van der Waals surface area contributed by atoms with Gasteiger partial charge in [-0.1, -0.05) is 43.3 Å². The quantitative estimate of drug-likeness (QED) is 0.168. The molecule has 190 valence electrons. The highest BCUT2D eigenvalue weighted by Crippen LogP contribution is 2.30. The van der Waals surface area contributed by atoms with E-state index in [0.717, 1.165) is 21.5 Å². The molecule has 7 nitrogen and oxygen atoms in total. The molecule has 0 aliphatic carbocycles. The summed E-state index contributed by atoms with van der Waals surface area (Å²) >= 11 is 1.42. The predicted molar refractivity (Wildman–Crippen MR) is 152 cm³/mol. The minimum Gasteiger partial charge on any atom is -0.478 e. The second-order valence-corrected chi connectivity index (χ2v) is 10.1. The van der Waals surface area contributed by atoms with Gasteiger partial charge < -0.3 is 20.7 Å². The van der Waals surface area contributed by atoms with Gasteiger partial charge in [-0.05, 0) is 65.7 Å². The van der Waals surface area contributed by atoms with E-state index in [1.54, 1.807) is 36.4 Å². The van der Waals surface area contributed by atoms with Crippen LogP contribution in [0.5, 0.6) is 0 Å². The molecule has 0 radical (unpaired) electrons. The number of aromatic nitrogens is 1. The summed E-state index contributed by atoms with van der Waals surface area (Å²) in [5, 5.41) is 17.3. The summed E-state index contributed by atoms with van der Waals surface area (Å²) in [6.07, 6.45) is 2.48. The Bertz CT molecular complexity index is 1670. The number of nitrogens with one attached hydrogen (secondary N) is 3. The number of carboxylic acid groups (broad SMARTS) is 1. The Kier molecular flexibility index (Phi) is 7.15. The number of aromatic carboxylic acids is 1. The molecule has 0 fully saturated rings. The fourth-order valence-corrected chi connectivity index (χ4v) is 5.40. The van der Waals surface area contributed by atoms with Gasteiger partial charge >= 0.3 is 5.97 Å². The number of H-pyrrole nitrogens is 1. The molecule has 5 rings (SSSR count). The van der Waals surface area contributed by atoms with Crippen molar-refractivity contribution in [3.05, 3.63) is 102 Å². The van der Waals surface area contributed by atoms with Crippen LogP contribution in [0.2, 0.25) is 0 Å². The van der Waals surface area contributed by atoms with Crippen LogP contribution in [0.1, 0.15) is 34.1 Å². The van der Waals surface area contributed by atoms with Crippen molar-refractivity contribution >= 4 is 62.6 Å². The van der Waals surface area contributed by atoms with Gasteiger partial charge in [-0.2, -0.15) is 0 Å². The maximum Gasteiger partial charge on any atom is 0.336 e. The highest BCUT2D eigenvalue weighted by atomic mass is 32.2. The Morgan fingerprint density at radius 1 is 0.842 bits per heavy atom. The third-order valence-electron chi connectivity index (χ3n) is 6.24. The second kappa shape index (κ2) is 10.8. The van der Waals surface area contributed by atoms with Crippen LogP contribution in [0.15, 0.2) is 96.0 Å². The second-order valence-electron chi connectivity index (χ2n) is 8.78. The van der Waals surface area contributed by atoms with Gasteiger partial charge in [0, 0.05) is 38.9 Å². The molecule has 5 aromatic rings. The lowest BCUT2D eigenvalue weighted by Crippen LogP contribution is -2.24. The van der Waals surface area contributed by atoms with Crippen molar-refractivity contribution in [3.8, 4) is 0 Å². The summed E-state index contributed by atoms with van der Waals surface area (Å²) < 4.78 is 0. The van der Waals surface area contributed by atoms with Crippen LogP contribution in [0.4, 0.5) is 11.4 Å². The number of hydrogen-bond acceptors (Lipinski definition) is 4. The van der Waals surface area contributed by atoms with Gasteiger partial charge in [0.2, 0.25) is 5.91 Å². The normalized spacial score (nSPS) is 11.8. The molecule has 1 aromatic heterocycles. The number of carbonyl (C=O) groups excluding carboxylic acids is 2. The summed E-state index contributed by atoms with van der Waals surface area (Å²) in [5.74, 6) is -1.60. The lowest BCUT2D eigenvalue weighted by Gasteiger charge is -2.16. The molecule has 2 amide bonds. The molecular weight excluding hydrogens is 498 g/mol. The SMILES string of the molecule is CCC(Sc1cccc(NC(=O)c2cccc3cccc(C(=O)O)c23)c1)C(=O)Nc1ccc2cc[nH]c2c1. The van der Waals surface area contributed by atoms with Crippen LogP contribution < -0.4 is 10.6 Å². The van der Waals surface area contributed by atoms with Crippen molar-refractivity contribution in [2.45, 2.75) is 23.5 Å². The van der Waals surface area contributed by atoms with Crippen molar-refractivity contribution < 1.29 is 19.5 Å². The van der Waals surface area contributed by atoms with Crippen LogP contribution in [-0.4, -0.2) is 33.1 Å². The molecule has 0 aliphatic heterocycles. The Labute approximate surface area is 223 Å². The van der Waals surface area contributed by atoms with Crippen LogP contribution in [-0.2, 0) is 4.79 Å². The summed E-state index contributed by atoms with van der Waals surface area (Å²) in [6, 6.07) is 25.0.